The molecule has 0 aliphatic heterocycles. The molecule has 2 aliphatic rings. The first kappa shape index (κ1) is 18.1. The van der Waals surface area contributed by atoms with E-state index in [4.69, 9.17) is 4.74 Å². The predicted octanol–water partition coefficient (Wildman–Crippen LogP) is 7.06. The van der Waals surface area contributed by atoms with Crippen molar-refractivity contribution < 1.29 is 4.74 Å². The largest absolute Gasteiger partial charge is 0.488 e. The Balaban J connectivity index is 1.67. The van der Waals surface area contributed by atoms with Crippen LogP contribution in [0.1, 0.15) is 63.1 Å². The number of benzene rings is 2. The van der Waals surface area contributed by atoms with Gasteiger partial charge in [0.1, 0.15) is 12.4 Å². The van der Waals surface area contributed by atoms with E-state index >= 15 is 0 Å². The Kier molecular flexibility index (Phi) is 4.67. The van der Waals surface area contributed by atoms with Gasteiger partial charge in [-0.2, -0.15) is 0 Å². The lowest BCUT2D eigenvalue weighted by Crippen LogP contribution is -2.47. The van der Waals surface area contributed by atoms with Gasteiger partial charge in [-0.15, -0.1) is 0 Å². The lowest BCUT2D eigenvalue weighted by atomic mass is 9.50. The predicted molar refractivity (Wildman–Crippen MR) is 112 cm³/mol. The van der Waals surface area contributed by atoms with Crippen LogP contribution in [-0.2, 0) is 18.4 Å². The molecule has 1 nitrogen and oxygen atoms in total. The summed E-state index contributed by atoms with van der Waals surface area (Å²) in [5.74, 6) is 1.75. The van der Waals surface area contributed by atoms with Crippen LogP contribution in [0.3, 0.4) is 0 Å². The second-order valence-electron chi connectivity index (χ2n) is 9.06. The van der Waals surface area contributed by atoms with E-state index in [-0.39, 0.29) is 5.41 Å². The molecule has 0 N–H and O–H groups in total. The highest BCUT2D eigenvalue weighted by Crippen LogP contribution is 2.57. The van der Waals surface area contributed by atoms with Gasteiger partial charge in [-0.05, 0) is 87.2 Å². The maximum atomic E-state index is 6.22. The Bertz CT molecular complexity index is 795. The Morgan fingerprint density at radius 3 is 2.62 bits per heavy atom. The third-order valence-electron chi connectivity index (χ3n) is 6.94. The molecule has 0 bridgehead atoms. The molecule has 26 heavy (non-hydrogen) atoms. The topological polar surface area (TPSA) is 9.23 Å². The van der Waals surface area contributed by atoms with E-state index in [1.807, 2.05) is 6.07 Å². The summed E-state index contributed by atoms with van der Waals surface area (Å²) < 4.78 is 7.31. The molecule has 0 aromatic heterocycles. The lowest BCUT2D eigenvalue weighted by Gasteiger charge is -2.54. The summed E-state index contributed by atoms with van der Waals surface area (Å²) in [5.41, 5.74) is 4.97. The Morgan fingerprint density at radius 1 is 1.08 bits per heavy atom. The number of aryl methyl sites for hydroxylation is 1. The van der Waals surface area contributed by atoms with Gasteiger partial charge in [-0.3, -0.25) is 0 Å². The van der Waals surface area contributed by atoms with Crippen LogP contribution in [0, 0.1) is 11.3 Å². The Morgan fingerprint density at radius 2 is 1.85 bits per heavy atom. The number of fused-ring (bicyclic) bond motifs is 3. The first-order valence-corrected chi connectivity index (χ1v) is 10.7. The van der Waals surface area contributed by atoms with Gasteiger partial charge in [-0.1, -0.05) is 57.5 Å². The molecule has 2 aliphatic carbocycles. The zero-order chi connectivity index (χ0) is 18.4. The molecule has 0 heterocycles. The van der Waals surface area contributed by atoms with E-state index < -0.39 is 0 Å². The van der Waals surface area contributed by atoms with Crippen molar-refractivity contribution in [3.05, 3.63) is 63.6 Å². The van der Waals surface area contributed by atoms with Crippen molar-refractivity contribution in [2.75, 3.05) is 0 Å². The average molecular weight is 413 g/mol. The van der Waals surface area contributed by atoms with E-state index in [1.54, 1.807) is 0 Å². The fourth-order valence-electron chi connectivity index (χ4n) is 5.63. The fourth-order valence-corrected chi connectivity index (χ4v) is 6.14. The van der Waals surface area contributed by atoms with E-state index in [0.29, 0.717) is 12.0 Å². The fraction of sp³-hybridized carbons (Fsp3) is 0.500. The molecule has 2 unspecified atom stereocenters. The van der Waals surface area contributed by atoms with Crippen molar-refractivity contribution in [2.24, 2.45) is 11.3 Å². The number of hydrogen-bond donors (Lipinski definition) is 0. The standard InChI is InChI=1S/C24H29BrO/c1-23(2)12-7-13-24(3)19-15-21(26-16-17-8-5-4-6-9-17)20(25)14-18(19)10-11-22(23)24/h4-6,8-9,14-15,22H,7,10-13,16H2,1-3H3. The summed E-state index contributed by atoms with van der Waals surface area (Å²) in [7, 11) is 0. The molecule has 0 amide bonds. The van der Waals surface area contributed by atoms with Gasteiger partial charge < -0.3 is 4.74 Å². The van der Waals surface area contributed by atoms with Gasteiger partial charge in [0.15, 0.2) is 0 Å². The van der Waals surface area contributed by atoms with Crippen LogP contribution in [0.2, 0.25) is 0 Å². The maximum Gasteiger partial charge on any atom is 0.134 e. The normalized spacial score (nSPS) is 26.7. The van der Waals surface area contributed by atoms with Crippen LogP contribution in [0.25, 0.3) is 0 Å². The van der Waals surface area contributed by atoms with Crippen molar-refractivity contribution in [3.63, 3.8) is 0 Å². The number of ether oxygens (including phenoxy) is 1. The van der Waals surface area contributed by atoms with Crippen molar-refractivity contribution in [1.82, 2.24) is 0 Å². The first-order valence-electron chi connectivity index (χ1n) is 9.90. The summed E-state index contributed by atoms with van der Waals surface area (Å²) in [4.78, 5) is 0. The third-order valence-corrected chi connectivity index (χ3v) is 7.56. The molecule has 138 valence electrons. The summed E-state index contributed by atoms with van der Waals surface area (Å²) in [6.07, 6.45) is 6.49. The highest BCUT2D eigenvalue weighted by atomic mass is 79.9. The van der Waals surface area contributed by atoms with Gasteiger partial charge in [0, 0.05) is 0 Å². The highest BCUT2D eigenvalue weighted by Gasteiger charge is 2.49. The molecule has 2 heteroatoms. The zero-order valence-electron chi connectivity index (χ0n) is 16.1. The molecule has 0 radical (unpaired) electrons. The van der Waals surface area contributed by atoms with Gasteiger partial charge >= 0.3 is 0 Å². The van der Waals surface area contributed by atoms with Crippen molar-refractivity contribution in [3.8, 4) is 5.75 Å². The minimum absolute atomic E-state index is 0.279. The number of rotatable bonds is 3. The van der Waals surface area contributed by atoms with Gasteiger partial charge in [0.05, 0.1) is 4.47 Å². The van der Waals surface area contributed by atoms with E-state index in [1.165, 1.54) is 48.8 Å². The smallest absolute Gasteiger partial charge is 0.134 e. The Labute approximate surface area is 166 Å². The second kappa shape index (κ2) is 6.71. The summed E-state index contributed by atoms with van der Waals surface area (Å²) >= 11 is 3.75. The van der Waals surface area contributed by atoms with Crippen LogP contribution in [0.4, 0.5) is 0 Å². The highest BCUT2D eigenvalue weighted by molar-refractivity contribution is 9.10. The molecule has 2 atom stereocenters. The van der Waals surface area contributed by atoms with Crippen molar-refractivity contribution in [1.29, 1.82) is 0 Å². The average Bonchev–Trinajstić information content (AvgIpc) is 2.60. The molecule has 0 spiro atoms. The molecular formula is C24H29BrO. The molecule has 2 aromatic carbocycles. The van der Waals surface area contributed by atoms with Crippen molar-refractivity contribution in [2.45, 2.75) is 64.9 Å². The maximum absolute atomic E-state index is 6.22. The lowest BCUT2D eigenvalue weighted by molar-refractivity contribution is 0.0405. The molecule has 2 aromatic rings. The van der Waals surface area contributed by atoms with Crippen LogP contribution in [0.15, 0.2) is 46.9 Å². The molecule has 4 rings (SSSR count). The summed E-state index contributed by atoms with van der Waals surface area (Å²) in [5, 5.41) is 0. The van der Waals surface area contributed by atoms with E-state index in [2.05, 4.69) is 73.1 Å². The third kappa shape index (κ3) is 3.11. The van der Waals surface area contributed by atoms with Crippen LogP contribution in [-0.4, -0.2) is 0 Å². The Hall–Kier alpha value is -1.28. The molecule has 1 fully saturated rings. The van der Waals surface area contributed by atoms with Gasteiger partial charge in [-0.25, -0.2) is 0 Å². The number of halogens is 1. The quantitative estimate of drug-likeness (QED) is 0.524. The molecule has 1 saturated carbocycles. The van der Waals surface area contributed by atoms with Crippen LogP contribution in [0.5, 0.6) is 5.75 Å². The molecule has 0 saturated heterocycles. The minimum atomic E-state index is 0.279. The zero-order valence-corrected chi connectivity index (χ0v) is 17.7. The van der Waals surface area contributed by atoms with E-state index in [9.17, 15) is 0 Å². The van der Waals surface area contributed by atoms with Crippen LogP contribution < -0.4 is 4.74 Å². The minimum Gasteiger partial charge on any atom is -0.488 e. The van der Waals surface area contributed by atoms with Gasteiger partial charge in [0.25, 0.3) is 0 Å². The summed E-state index contributed by atoms with van der Waals surface area (Å²) in [6.45, 7) is 8.08. The monoisotopic (exact) mass is 412 g/mol. The first-order chi connectivity index (χ1) is 12.4. The van der Waals surface area contributed by atoms with Gasteiger partial charge in [0.2, 0.25) is 0 Å². The number of hydrogen-bond acceptors (Lipinski definition) is 1. The second-order valence-corrected chi connectivity index (χ2v) is 9.92. The van der Waals surface area contributed by atoms with E-state index in [0.717, 1.165) is 16.1 Å². The molecular weight excluding hydrogens is 384 g/mol. The SMILES string of the molecule is CC1(C)CCCC2(C)c3cc(OCc4ccccc4)c(Br)cc3CCC12. The van der Waals surface area contributed by atoms with Crippen LogP contribution >= 0.6 is 15.9 Å². The summed E-state index contributed by atoms with van der Waals surface area (Å²) in [6, 6.07) is 15.1. The van der Waals surface area contributed by atoms with Crippen molar-refractivity contribution >= 4 is 15.9 Å².